The fraction of sp³-hybridized carbons (Fsp3) is 0.438. The summed E-state index contributed by atoms with van der Waals surface area (Å²) in [6.45, 7) is 0.579. The maximum absolute atomic E-state index is 12.8. The van der Waals surface area contributed by atoms with E-state index in [-0.39, 0.29) is 24.2 Å². The Labute approximate surface area is 138 Å². The van der Waals surface area contributed by atoms with Gasteiger partial charge in [-0.3, -0.25) is 14.5 Å². The Bertz CT molecular complexity index is 668. The van der Waals surface area contributed by atoms with E-state index in [2.05, 4.69) is 5.32 Å². The molecule has 7 nitrogen and oxygen atoms in total. The molecule has 1 aromatic carbocycles. The molecule has 2 saturated heterocycles. The molecule has 3 rings (SSSR count). The lowest BCUT2D eigenvalue weighted by Gasteiger charge is -2.37. The van der Waals surface area contributed by atoms with Gasteiger partial charge in [0.1, 0.15) is 17.1 Å². The molecule has 8 heteroatoms. The summed E-state index contributed by atoms with van der Waals surface area (Å²) < 4.78 is 18.2. The Balaban J connectivity index is 1.53. The summed E-state index contributed by atoms with van der Waals surface area (Å²) in [5.74, 6) is -0.414. The quantitative estimate of drug-likeness (QED) is 0.827. The predicted octanol–water partition coefficient (Wildman–Crippen LogP) is 0.747. The minimum Gasteiger partial charge on any atom is -0.484 e. The first-order valence-corrected chi connectivity index (χ1v) is 7.68. The Morgan fingerprint density at radius 3 is 2.42 bits per heavy atom. The van der Waals surface area contributed by atoms with Crippen LogP contribution in [0.3, 0.4) is 0 Å². The number of carbonyl (C=O) groups is 3. The van der Waals surface area contributed by atoms with Crippen LogP contribution in [0.25, 0.3) is 0 Å². The first-order valence-electron chi connectivity index (χ1n) is 7.68. The summed E-state index contributed by atoms with van der Waals surface area (Å²) in [7, 11) is 1.44. The number of halogens is 1. The molecule has 1 N–H and O–H groups in total. The molecule has 2 aliphatic rings. The van der Waals surface area contributed by atoms with Crippen LogP contribution in [0.15, 0.2) is 24.3 Å². The molecule has 0 atom stereocenters. The Kier molecular flexibility index (Phi) is 4.13. The molecule has 2 fully saturated rings. The lowest BCUT2D eigenvalue weighted by molar-refractivity contribution is -0.139. The summed E-state index contributed by atoms with van der Waals surface area (Å²) in [5, 5.41) is 2.72. The maximum Gasteiger partial charge on any atom is 0.324 e. The van der Waals surface area contributed by atoms with E-state index >= 15 is 0 Å². The predicted molar refractivity (Wildman–Crippen MR) is 81.7 cm³/mol. The van der Waals surface area contributed by atoms with Crippen LogP contribution >= 0.6 is 0 Å². The van der Waals surface area contributed by atoms with Crippen molar-refractivity contribution in [1.29, 1.82) is 0 Å². The van der Waals surface area contributed by atoms with Gasteiger partial charge in [0.05, 0.1) is 0 Å². The van der Waals surface area contributed by atoms with Crippen molar-refractivity contribution in [1.82, 2.24) is 15.1 Å². The molecule has 0 aromatic heterocycles. The average Bonchev–Trinajstić information content (AvgIpc) is 2.79. The zero-order chi connectivity index (χ0) is 17.3. The number of piperidine rings is 1. The van der Waals surface area contributed by atoms with E-state index in [1.807, 2.05) is 0 Å². The summed E-state index contributed by atoms with van der Waals surface area (Å²) >= 11 is 0. The monoisotopic (exact) mass is 335 g/mol. The van der Waals surface area contributed by atoms with Crippen LogP contribution in [0.5, 0.6) is 5.75 Å². The number of urea groups is 1. The van der Waals surface area contributed by atoms with Crippen molar-refractivity contribution in [2.45, 2.75) is 18.4 Å². The van der Waals surface area contributed by atoms with Crippen molar-refractivity contribution in [3.63, 3.8) is 0 Å². The van der Waals surface area contributed by atoms with Gasteiger partial charge >= 0.3 is 6.03 Å². The number of hydrogen-bond donors (Lipinski definition) is 1. The molecule has 2 heterocycles. The van der Waals surface area contributed by atoms with E-state index in [0.717, 1.165) is 4.90 Å². The number of carbonyl (C=O) groups excluding carboxylic acids is 3. The molecule has 0 bridgehead atoms. The molecule has 2 aliphatic heterocycles. The van der Waals surface area contributed by atoms with Gasteiger partial charge in [0.25, 0.3) is 11.8 Å². The Morgan fingerprint density at radius 2 is 1.88 bits per heavy atom. The maximum atomic E-state index is 12.8. The SMILES string of the molecule is CN1C(=O)NC2(CCN(C(=O)COc3ccc(F)cc3)CC2)C1=O. The van der Waals surface area contributed by atoms with Crippen LogP contribution in [0.2, 0.25) is 0 Å². The Morgan fingerprint density at radius 1 is 1.25 bits per heavy atom. The third kappa shape index (κ3) is 2.91. The van der Waals surface area contributed by atoms with E-state index in [4.69, 9.17) is 4.74 Å². The fourth-order valence-electron chi connectivity index (χ4n) is 3.00. The minimum absolute atomic E-state index is 0.154. The lowest BCUT2D eigenvalue weighted by Crippen LogP contribution is -2.56. The molecule has 0 unspecified atom stereocenters. The van der Waals surface area contributed by atoms with Crippen molar-refractivity contribution in [2.24, 2.45) is 0 Å². The lowest BCUT2D eigenvalue weighted by atomic mass is 9.87. The zero-order valence-corrected chi connectivity index (χ0v) is 13.3. The molecule has 4 amide bonds. The summed E-state index contributed by atoms with van der Waals surface area (Å²) in [4.78, 5) is 38.7. The van der Waals surface area contributed by atoms with Crippen LogP contribution in [0.1, 0.15) is 12.8 Å². The fourth-order valence-corrected chi connectivity index (χ4v) is 3.00. The van der Waals surface area contributed by atoms with Crippen molar-refractivity contribution in [3.05, 3.63) is 30.1 Å². The normalized spacial score (nSPS) is 19.6. The molecule has 1 aromatic rings. The van der Waals surface area contributed by atoms with Gasteiger partial charge in [-0.05, 0) is 37.1 Å². The molecule has 0 radical (unpaired) electrons. The van der Waals surface area contributed by atoms with Gasteiger partial charge in [0, 0.05) is 20.1 Å². The van der Waals surface area contributed by atoms with Crippen molar-refractivity contribution < 1.29 is 23.5 Å². The van der Waals surface area contributed by atoms with Gasteiger partial charge in [-0.15, -0.1) is 0 Å². The van der Waals surface area contributed by atoms with Crippen LogP contribution < -0.4 is 10.1 Å². The number of benzene rings is 1. The molecular formula is C16H18FN3O4. The van der Waals surface area contributed by atoms with Crippen LogP contribution in [-0.2, 0) is 9.59 Å². The number of hydrogen-bond acceptors (Lipinski definition) is 4. The van der Waals surface area contributed by atoms with Gasteiger partial charge in [0.15, 0.2) is 6.61 Å². The third-order valence-corrected chi connectivity index (χ3v) is 4.51. The van der Waals surface area contributed by atoms with E-state index in [0.29, 0.717) is 31.7 Å². The molecule has 24 heavy (non-hydrogen) atoms. The molecule has 0 saturated carbocycles. The highest BCUT2D eigenvalue weighted by atomic mass is 19.1. The summed E-state index contributed by atoms with van der Waals surface area (Å²) in [6, 6.07) is 5.02. The number of likely N-dealkylation sites (tertiary alicyclic amines) is 1. The van der Waals surface area contributed by atoms with Crippen molar-refractivity contribution in [3.8, 4) is 5.75 Å². The number of nitrogens with zero attached hydrogens (tertiary/aromatic N) is 2. The van der Waals surface area contributed by atoms with E-state index in [1.54, 1.807) is 4.90 Å². The summed E-state index contributed by atoms with van der Waals surface area (Å²) in [6.07, 6.45) is 0.758. The van der Waals surface area contributed by atoms with Gasteiger partial charge in [-0.2, -0.15) is 0 Å². The highest BCUT2D eigenvalue weighted by Crippen LogP contribution is 2.28. The van der Waals surface area contributed by atoms with Crippen molar-refractivity contribution in [2.75, 3.05) is 26.7 Å². The average molecular weight is 335 g/mol. The number of rotatable bonds is 3. The van der Waals surface area contributed by atoms with E-state index < -0.39 is 11.6 Å². The molecular weight excluding hydrogens is 317 g/mol. The first-order chi connectivity index (χ1) is 11.4. The second kappa shape index (κ2) is 6.10. The molecule has 128 valence electrons. The second-order valence-electron chi connectivity index (χ2n) is 6.00. The van der Waals surface area contributed by atoms with Gasteiger partial charge in [-0.25, -0.2) is 9.18 Å². The standard InChI is InChI=1S/C16H18FN3O4/c1-19-14(22)16(18-15(19)23)6-8-20(9-7-16)13(21)10-24-12-4-2-11(17)3-5-12/h2-5H,6-10H2,1H3,(H,18,23). The van der Waals surface area contributed by atoms with Gasteiger partial charge in [0.2, 0.25) is 0 Å². The Hall–Kier alpha value is -2.64. The van der Waals surface area contributed by atoms with Gasteiger partial charge < -0.3 is 15.0 Å². The minimum atomic E-state index is -0.888. The molecule has 0 aliphatic carbocycles. The second-order valence-corrected chi connectivity index (χ2v) is 6.00. The van der Waals surface area contributed by atoms with E-state index in [1.165, 1.54) is 31.3 Å². The number of amides is 4. The van der Waals surface area contributed by atoms with Crippen molar-refractivity contribution >= 4 is 17.8 Å². The smallest absolute Gasteiger partial charge is 0.324 e. The highest BCUT2D eigenvalue weighted by molar-refractivity contribution is 6.06. The molecule has 1 spiro atoms. The van der Waals surface area contributed by atoms with Gasteiger partial charge in [-0.1, -0.05) is 0 Å². The third-order valence-electron chi connectivity index (χ3n) is 4.51. The number of nitrogens with one attached hydrogen (secondary N) is 1. The van der Waals surface area contributed by atoms with E-state index in [9.17, 15) is 18.8 Å². The number of imide groups is 1. The van der Waals surface area contributed by atoms with Crippen LogP contribution in [-0.4, -0.2) is 59.9 Å². The van der Waals surface area contributed by atoms with Crippen LogP contribution in [0.4, 0.5) is 9.18 Å². The topological polar surface area (TPSA) is 79.0 Å². The summed E-state index contributed by atoms with van der Waals surface area (Å²) in [5.41, 5.74) is -0.888. The largest absolute Gasteiger partial charge is 0.484 e. The highest BCUT2D eigenvalue weighted by Gasteiger charge is 2.51. The zero-order valence-electron chi connectivity index (χ0n) is 13.3. The number of likely N-dealkylation sites (N-methyl/N-ethyl adjacent to an activating group) is 1. The first kappa shape index (κ1) is 16.2. The number of ether oxygens (including phenoxy) is 1. The van der Waals surface area contributed by atoms with Crippen LogP contribution in [0, 0.1) is 5.82 Å².